The highest BCUT2D eigenvalue weighted by Gasteiger charge is 2.18. The number of aromatic nitrogens is 6. The van der Waals surface area contributed by atoms with Gasteiger partial charge in [-0.1, -0.05) is 23.4 Å². The van der Waals surface area contributed by atoms with Crippen LogP contribution in [0.5, 0.6) is 0 Å². The van der Waals surface area contributed by atoms with Crippen molar-refractivity contribution in [3.8, 4) is 11.5 Å². The van der Waals surface area contributed by atoms with Crippen molar-refractivity contribution in [2.75, 3.05) is 11.1 Å². The van der Waals surface area contributed by atoms with E-state index in [9.17, 15) is 0 Å². The van der Waals surface area contributed by atoms with Crippen molar-refractivity contribution in [2.24, 2.45) is 0 Å². The van der Waals surface area contributed by atoms with E-state index in [4.69, 9.17) is 15.4 Å². The molecule has 0 fully saturated rings. The molecular weight excluding hydrogens is 392 g/mol. The Kier molecular flexibility index (Phi) is 4.55. The van der Waals surface area contributed by atoms with Crippen LogP contribution in [0.1, 0.15) is 17.0 Å². The highest BCUT2D eigenvalue weighted by molar-refractivity contribution is 5.92. The molecule has 9 heteroatoms. The second-order valence-corrected chi connectivity index (χ2v) is 7.19. The summed E-state index contributed by atoms with van der Waals surface area (Å²) in [5.41, 5.74) is 10.4. The van der Waals surface area contributed by atoms with Crippen molar-refractivity contribution in [3.05, 3.63) is 71.9 Å². The zero-order chi connectivity index (χ0) is 21.4. The maximum atomic E-state index is 6.09. The molecule has 0 amide bonds. The molecule has 0 spiro atoms. The maximum absolute atomic E-state index is 6.09. The molecule has 0 radical (unpaired) electrons. The van der Waals surface area contributed by atoms with Gasteiger partial charge in [0.1, 0.15) is 23.1 Å². The number of para-hydroxylation sites is 1. The van der Waals surface area contributed by atoms with Gasteiger partial charge in [-0.15, -0.1) is 0 Å². The lowest BCUT2D eigenvalue weighted by Gasteiger charge is -2.07. The van der Waals surface area contributed by atoms with Gasteiger partial charge in [-0.05, 0) is 32.0 Å². The Balaban J connectivity index is 1.59. The van der Waals surface area contributed by atoms with Crippen molar-refractivity contribution in [2.45, 2.75) is 20.4 Å². The van der Waals surface area contributed by atoms with Crippen LogP contribution >= 0.6 is 0 Å². The lowest BCUT2D eigenvalue weighted by Crippen LogP contribution is -2.05. The molecule has 0 atom stereocenters. The summed E-state index contributed by atoms with van der Waals surface area (Å²) in [4.78, 5) is 13.1. The number of hydrogen-bond acceptors (Lipinski definition) is 8. The summed E-state index contributed by atoms with van der Waals surface area (Å²) in [5.74, 6) is 2.16. The van der Waals surface area contributed by atoms with Crippen LogP contribution < -0.4 is 11.1 Å². The first-order valence-electron chi connectivity index (χ1n) is 9.78. The Labute approximate surface area is 178 Å². The van der Waals surface area contributed by atoms with Crippen molar-refractivity contribution >= 4 is 28.2 Å². The van der Waals surface area contributed by atoms with Gasteiger partial charge in [0.05, 0.1) is 17.8 Å². The predicted octanol–water partition coefficient (Wildman–Crippen LogP) is 3.87. The van der Waals surface area contributed by atoms with E-state index in [0.29, 0.717) is 29.7 Å². The Morgan fingerprint density at radius 2 is 1.87 bits per heavy atom. The number of nitrogens with one attached hydrogen (secondary N) is 1. The molecule has 4 heterocycles. The van der Waals surface area contributed by atoms with Crippen LogP contribution in [0.3, 0.4) is 0 Å². The van der Waals surface area contributed by atoms with E-state index in [1.54, 1.807) is 18.5 Å². The Bertz CT molecular complexity index is 1350. The van der Waals surface area contributed by atoms with Gasteiger partial charge in [-0.3, -0.25) is 9.67 Å². The van der Waals surface area contributed by atoms with Crippen molar-refractivity contribution in [3.63, 3.8) is 0 Å². The van der Waals surface area contributed by atoms with Gasteiger partial charge in [0.2, 0.25) is 0 Å². The monoisotopic (exact) mass is 412 g/mol. The maximum Gasteiger partial charge on any atom is 0.184 e. The van der Waals surface area contributed by atoms with Crippen LogP contribution in [0, 0.1) is 13.8 Å². The number of nitrogen functional groups attached to an aromatic ring is 1. The first kappa shape index (κ1) is 18.7. The Hall–Kier alpha value is -4.27. The molecule has 0 aliphatic rings. The number of rotatable bonds is 5. The van der Waals surface area contributed by atoms with Gasteiger partial charge in [-0.2, -0.15) is 5.10 Å². The molecular formula is C22H20N8O. The minimum Gasteiger partial charge on any atom is -0.384 e. The molecule has 0 aliphatic carbocycles. The summed E-state index contributed by atoms with van der Waals surface area (Å²) in [6, 6.07) is 13.4. The number of nitrogens with zero attached hydrogens (tertiary/aromatic N) is 6. The molecule has 5 rings (SSSR count). The molecule has 0 aliphatic heterocycles. The molecule has 5 aromatic rings. The SMILES string of the molecule is Cc1noc(C)c1Cn1nc(-c2nc(N)cc(Nc3ccncc3)n2)c2ccccc21. The van der Waals surface area contributed by atoms with Gasteiger partial charge in [-0.25, -0.2) is 9.97 Å². The first-order valence-corrected chi connectivity index (χ1v) is 9.78. The molecule has 3 N–H and O–H groups in total. The fraction of sp³-hybridized carbons (Fsp3) is 0.136. The van der Waals surface area contributed by atoms with Gasteiger partial charge >= 0.3 is 0 Å². The van der Waals surface area contributed by atoms with E-state index >= 15 is 0 Å². The standard InChI is InChI=1S/C22H20N8O/c1-13-17(14(2)31-29-13)12-30-18-6-4-3-5-16(18)21(28-30)22-26-19(23)11-20(27-22)25-15-7-9-24-10-8-15/h3-11H,12H2,1-2H3,(H3,23,24,25,26,27). The second kappa shape index (κ2) is 7.52. The van der Waals surface area contributed by atoms with E-state index in [1.165, 1.54) is 0 Å². The highest BCUT2D eigenvalue weighted by Crippen LogP contribution is 2.29. The van der Waals surface area contributed by atoms with Gasteiger partial charge in [0, 0.05) is 35.1 Å². The van der Waals surface area contributed by atoms with Crippen molar-refractivity contribution < 1.29 is 4.52 Å². The molecule has 0 saturated heterocycles. The number of nitrogens with two attached hydrogens (primary N) is 1. The van der Waals surface area contributed by atoms with E-state index in [2.05, 4.69) is 25.4 Å². The van der Waals surface area contributed by atoms with Crippen LogP contribution in [-0.4, -0.2) is 29.9 Å². The smallest absolute Gasteiger partial charge is 0.184 e. The minimum atomic E-state index is 0.353. The molecule has 9 nitrogen and oxygen atoms in total. The van der Waals surface area contributed by atoms with Crippen LogP contribution in [0.4, 0.5) is 17.3 Å². The summed E-state index contributed by atoms with van der Waals surface area (Å²) in [6.07, 6.45) is 3.41. The zero-order valence-corrected chi connectivity index (χ0v) is 17.1. The molecule has 0 saturated carbocycles. The van der Waals surface area contributed by atoms with E-state index in [-0.39, 0.29) is 0 Å². The average molecular weight is 412 g/mol. The second-order valence-electron chi connectivity index (χ2n) is 7.19. The number of fused-ring (bicyclic) bond motifs is 1. The number of hydrogen-bond donors (Lipinski definition) is 2. The van der Waals surface area contributed by atoms with E-state index in [0.717, 1.165) is 33.6 Å². The summed E-state index contributed by atoms with van der Waals surface area (Å²) in [6.45, 7) is 4.36. The van der Waals surface area contributed by atoms with E-state index in [1.807, 2.05) is 54.9 Å². The molecule has 4 aromatic heterocycles. The summed E-state index contributed by atoms with van der Waals surface area (Å²) in [7, 11) is 0. The van der Waals surface area contributed by atoms with Crippen molar-refractivity contribution in [1.29, 1.82) is 0 Å². The largest absolute Gasteiger partial charge is 0.384 e. The van der Waals surface area contributed by atoms with Gasteiger partial charge < -0.3 is 15.6 Å². The third-order valence-electron chi connectivity index (χ3n) is 5.06. The van der Waals surface area contributed by atoms with E-state index < -0.39 is 0 Å². The lowest BCUT2D eigenvalue weighted by atomic mass is 10.2. The lowest BCUT2D eigenvalue weighted by molar-refractivity contribution is 0.392. The van der Waals surface area contributed by atoms with Crippen molar-refractivity contribution in [1.82, 2.24) is 29.9 Å². The molecule has 0 unspecified atom stereocenters. The zero-order valence-electron chi connectivity index (χ0n) is 17.1. The highest BCUT2D eigenvalue weighted by atomic mass is 16.5. The number of aryl methyl sites for hydroxylation is 2. The van der Waals surface area contributed by atoms with Crippen LogP contribution in [0.15, 0.2) is 59.4 Å². The normalized spacial score (nSPS) is 11.2. The first-order chi connectivity index (χ1) is 15.1. The van der Waals surface area contributed by atoms with Gasteiger partial charge in [0.25, 0.3) is 0 Å². The van der Waals surface area contributed by atoms with Crippen LogP contribution in [0.2, 0.25) is 0 Å². The third kappa shape index (κ3) is 3.57. The third-order valence-corrected chi connectivity index (χ3v) is 5.06. The average Bonchev–Trinajstić information content (AvgIpc) is 3.29. The van der Waals surface area contributed by atoms with Gasteiger partial charge in [0.15, 0.2) is 5.82 Å². The molecule has 154 valence electrons. The number of benzene rings is 1. The van der Waals surface area contributed by atoms with Crippen LogP contribution in [0.25, 0.3) is 22.4 Å². The predicted molar refractivity (Wildman–Crippen MR) is 118 cm³/mol. The Morgan fingerprint density at radius 1 is 1.06 bits per heavy atom. The molecule has 0 bridgehead atoms. The number of pyridine rings is 1. The molecule has 1 aromatic carbocycles. The van der Waals surface area contributed by atoms with Crippen LogP contribution in [-0.2, 0) is 6.54 Å². The quantitative estimate of drug-likeness (QED) is 0.446. The summed E-state index contributed by atoms with van der Waals surface area (Å²) < 4.78 is 7.23. The topological polar surface area (TPSA) is 121 Å². The fourth-order valence-corrected chi connectivity index (χ4v) is 3.51. The number of anilines is 3. The molecule has 31 heavy (non-hydrogen) atoms. The fourth-order valence-electron chi connectivity index (χ4n) is 3.51. The summed E-state index contributed by atoms with van der Waals surface area (Å²) in [5, 5.41) is 13.1. The summed E-state index contributed by atoms with van der Waals surface area (Å²) >= 11 is 0. The minimum absolute atomic E-state index is 0.353. The Morgan fingerprint density at radius 3 is 2.65 bits per heavy atom.